The lowest BCUT2D eigenvalue weighted by Gasteiger charge is -2.22. The molecule has 1 aliphatic rings. The topological polar surface area (TPSA) is 48.5 Å². The summed E-state index contributed by atoms with van der Waals surface area (Å²) in [7, 11) is 0. The Morgan fingerprint density at radius 1 is 0.308 bits per heavy atom. The predicted octanol–water partition coefficient (Wildman–Crippen LogP) is 15.0. The molecule has 0 atom stereocenters. The van der Waals surface area contributed by atoms with E-state index in [1.807, 2.05) is 0 Å². The first kappa shape index (κ1) is 37.2. The molecule has 0 spiro atoms. The molecule has 0 amide bonds. The van der Waals surface area contributed by atoms with Gasteiger partial charge in [0.05, 0.1) is 22.1 Å². The van der Waals surface area contributed by atoms with Gasteiger partial charge < -0.3 is 0 Å². The highest BCUT2D eigenvalue weighted by Gasteiger charge is 2.35. The van der Waals surface area contributed by atoms with Crippen molar-refractivity contribution in [3.8, 4) is 67.8 Å². The van der Waals surface area contributed by atoms with Crippen LogP contribution in [0.3, 0.4) is 0 Å². The van der Waals surface area contributed by atoms with Crippen molar-refractivity contribution in [2.75, 3.05) is 0 Å². The van der Waals surface area contributed by atoms with Crippen LogP contribution in [0.2, 0.25) is 0 Å². The number of rotatable bonds is 6. The van der Waals surface area contributed by atoms with E-state index in [1.54, 1.807) is 0 Å². The molecule has 3 heterocycles. The monoisotopic (exact) mass is 831 g/mol. The number of aromatic nitrogens is 5. The number of para-hydroxylation sites is 2. The first-order chi connectivity index (χ1) is 32.0. The Kier molecular flexibility index (Phi) is 8.18. The summed E-state index contributed by atoms with van der Waals surface area (Å²) in [6.07, 6.45) is 0. The average molecular weight is 832 g/mol. The van der Waals surface area contributed by atoms with Gasteiger partial charge in [0.2, 0.25) is 11.9 Å². The second kappa shape index (κ2) is 14.3. The third kappa shape index (κ3) is 5.75. The summed E-state index contributed by atoms with van der Waals surface area (Å²) < 4.78 is 4.46. The normalized spacial score (nSPS) is 12.9. The summed E-state index contributed by atoms with van der Waals surface area (Å²) in [4.78, 5) is 16.6. The van der Waals surface area contributed by atoms with Gasteiger partial charge in [-0.25, -0.2) is 0 Å². The van der Waals surface area contributed by atoms with E-state index in [1.165, 1.54) is 22.3 Å². The van der Waals surface area contributed by atoms with E-state index in [0.29, 0.717) is 17.7 Å². The Morgan fingerprint density at radius 2 is 0.754 bits per heavy atom. The zero-order valence-corrected chi connectivity index (χ0v) is 35.9. The lowest BCUT2D eigenvalue weighted by molar-refractivity contribution is 0.660. The van der Waals surface area contributed by atoms with Gasteiger partial charge in [0.25, 0.3) is 0 Å². The Hall–Kier alpha value is -8.41. The standard InChI is InChI=1S/C60H41N5/c1-60(2)51-26-14-11-22-44(51)45-32-31-42(35-52(45)60)43-21-9-10-25-50(43)57-61-58(64-53-27-15-12-23-46(53)48-33-29-40(36-55(48)64)38-17-5-3-6-18-38)63-59(62-57)65-54-28-16-13-24-47(54)49-34-30-41(37-56(49)65)39-19-7-4-8-20-39/h3-37H,1-2H3. The maximum absolute atomic E-state index is 5.54. The highest BCUT2D eigenvalue weighted by molar-refractivity contribution is 6.11. The molecule has 0 saturated carbocycles. The van der Waals surface area contributed by atoms with Crippen LogP contribution in [0.25, 0.3) is 111 Å². The van der Waals surface area contributed by atoms with Crippen LogP contribution in [-0.4, -0.2) is 24.1 Å². The lowest BCUT2D eigenvalue weighted by Crippen LogP contribution is -2.15. The van der Waals surface area contributed by atoms with Crippen molar-refractivity contribution in [1.29, 1.82) is 0 Å². The zero-order valence-electron chi connectivity index (χ0n) is 35.9. The van der Waals surface area contributed by atoms with Crippen LogP contribution in [0.5, 0.6) is 0 Å². The van der Waals surface area contributed by atoms with E-state index < -0.39 is 0 Å². The summed E-state index contributed by atoms with van der Waals surface area (Å²) >= 11 is 0. The summed E-state index contributed by atoms with van der Waals surface area (Å²) in [6.45, 7) is 4.67. The van der Waals surface area contributed by atoms with Gasteiger partial charge in [0, 0.05) is 32.5 Å². The fourth-order valence-electron chi connectivity index (χ4n) is 10.5. The van der Waals surface area contributed by atoms with Crippen LogP contribution in [-0.2, 0) is 5.41 Å². The highest BCUT2D eigenvalue weighted by atomic mass is 15.3. The van der Waals surface area contributed by atoms with E-state index in [0.717, 1.165) is 82.6 Å². The van der Waals surface area contributed by atoms with Gasteiger partial charge >= 0.3 is 0 Å². The smallest absolute Gasteiger partial charge is 0.240 e. The maximum atomic E-state index is 5.54. The van der Waals surface area contributed by atoms with Crippen molar-refractivity contribution in [3.05, 3.63) is 223 Å². The molecule has 0 fully saturated rings. The van der Waals surface area contributed by atoms with Crippen LogP contribution in [0.1, 0.15) is 25.0 Å². The van der Waals surface area contributed by atoms with Crippen LogP contribution in [0.4, 0.5) is 0 Å². The highest BCUT2D eigenvalue weighted by Crippen LogP contribution is 2.50. The molecule has 13 rings (SSSR count). The molecule has 0 N–H and O–H groups in total. The molecule has 65 heavy (non-hydrogen) atoms. The largest absolute Gasteiger partial charge is 0.278 e. The molecule has 9 aromatic carbocycles. The van der Waals surface area contributed by atoms with Crippen LogP contribution >= 0.6 is 0 Å². The van der Waals surface area contributed by atoms with Crippen LogP contribution in [0, 0.1) is 0 Å². The molecule has 0 bridgehead atoms. The van der Waals surface area contributed by atoms with Crippen molar-refractivity contribution >= 4 is 43.6 Å². The number of hydrogen-bond donors (Lipinski definition) is 0. The van der Waals surface area contributed by atoms with Gasteiger partial charge in [-0.3, -0.25) is 9.13 Å². The van der Waals surface area contributed by atoms with E-state index in [-0.39, 0.29) is 5.41 Å². The summed E-state index contributed by atoms with van der Waals surface area (Å²) in [5, 5.41) is 4.54. The molecular formula is C60H41N5. The Bertz CT molecular complexity index is 3680. The molecule has 12 aromatic rings. The predicted molar refractivity (Wildman–Crippen MR) is 268 cm³/mol. The molecule has 0 radical (unpaired) electrons. The molecule has 0 aliphatic heterocycles. The van der Waals surface area contributed by atoms with Gasteiger partial charge in [-0.2, -0.15) is 15.0 Å². The minimum atomic E-state index is -0.144. The van der Waals surface area contributed by atoms with Crippen molar-refractivity contribution in [2.45, 2.75) is 19.3 Å². The second-order valence-electron chi connectivity index (χ2n) is 17.6. The van der Waals surface area contributed by atoms with Gasteiger partial charge in [-0.05, 0) is 86.0 Å². The van der Waals surface area contributed by atoms with Crippen molar-refractivity contribution < 1.29 is 0 Å². The fourth-order valence-corrected chi connectivity index (χ4v) is 10.5. The Morgan fingerprint density at radius 3 is 1.34 bits per heavy atom. The average Bonchev–Trinajstić information content (AvgIpc) is 3.96. The molecule has 5 nitrogen and oxygen atoms in total. The number of hydrogen-bond acceptors (Lipinski definition) is 3. The number of nitrogens with zero attached hydrogens (tertiary/aromatic N) is 5. The minimum Gasteiger partial charge on any atom is -0.278 e. The molecule has 5 heteroatoms. The third-order valence-electron chi connectivity index (χ3n) is 13.6. The molecular weight excluding hydrogens is 791 g/mol. The SMILES string of the molecule is CC1(C)c2ccccc2-c2ccc(-c3ccccc3-c3nc(-n4c5ccccc5c5ccc(-c6ccccc6)cc54)nc(-n4c5ccccc5c5ccc(-c6ccccc6)cc54)n3)cc21. The fraction of sp³-hybridized carbons (Fsp3) is 0.0500. The molecule has 306 valence electrons. The van der Waals surface area contributed by atoms with Crippen LogP contribution in [0.15, 0.2) is 212 Å². The van der Waals surface area contributed by atoms with Crippen molar-refractivity contribution in [3.63, 3.8) is 0 Å². The number of fused-ring (bicyclic) bond motifs is 9. The van der Waals surface area contributed by atoms with E-state index in [2.05, 4.69) is 235 Å². The summed E-state index contributed by atoms with van der Waals surface area (Å²) in [5.74, 6) is 1.69. The first-order valence-electron chi connectivity index (χ1n) is 22.3. The van der Waals surface area contributed by atoms with E-state index >= 15 is 0 Å². The van der Waals surface area contributed by atoms with Gasteiger partial charge in [0.1, 0.15) is 0 Å². The van der Waals surface area contributed by atoms with E-state index in [9.17, 15) is 0 Å². The molecule has 0 unspecified atom stereocenters. The maximum Gasteiger partial charge on any atom is 0.240 e. The Balaban J connectivity index is 1.10. The van der Waals surface area contributed by atoms with Crippen LogP contribution < -0.4 is 0 Å². The molecule has 0 saturated heterocycles. The van der Waals surface area contributed by atoms with Crippen molar-refractivity contribution in [2.24, 2.45) is 0 Å². The third-order valence-corrected chi connectivity index (χ3v) is 13.6. The summed E-state index contributed by atoms with van der Waals surface area (Å²) in [5.41, 5.74) is 16.9. The molecule has 1 aliphatic carbocycles. The molecule has 3 aromatic heterocycles. The first-order valence-corrected chi connectivity index (χ1v) is 22.3. The van der Waals surface area contributed by atoms with Crippen molar-refractivity contribution in [1.82, 2.24) is 24.1 Å². The minimum absolute atomic E-state index is 0.144. The van der Waals surface area contributed by atoms with Gasteiger partial charge in [-0.15, -0.1) is 0 Å². The van der Waals surface area contributed by atoms with E-state index in [4.69, 9.17) is 15.0 Å². The Labute approximate surface area is 376 Å². The second-order valence-corrected chi connectivity index (χ2v) is 17.6. The quantitative estimate of drug-likeness (QED) is 0.168. The van der Waals surface area contributed by atoms with Gasteiger partial charge in [0.15, 0.2) is 5.82 Å². The van der Waals surface area contributed by atoms with Gasteiger partial charge in [-0.1, -0.05) is 196 Å². The zero-order chi connectivity index (χ0) is 43.2. The number of benzene rings is 9. The lowest BCUT2D eigenvalue weighted by atomic mass is 9.81. The summed E-state index contributed by atoms with van der Waals surface area (Å²) in [6, 6.07) is 76.0.